The number of hydrogen-bond acceptors (Lipinski definition) is 16. The average Bonchev–Trinajstić information content (AvgIpc) is 2.79. The van der Waals surface area contributed by atoms with E-state index in [1.54, 1.807) is 68.4 Å². The van der Waals surface area contributed by atoms with E-state index in [2.05, 4.69) is 52.5 Å². The minimum atomic E-state index is -1.68. The molecule has 1 saturated carbocycles. The van der Waals surface area contributed by atoms with Crippen molar-refractivity contribution in [3.8, 4) is 5.75 Å². The van der Waals surface area contributed by atoms with Crippen molar-refractivity contribution < 1.29 is 52.7 Å². The molecule has 2 aliphatic heterocycles. The monoisotopic (exact) mass is 1280 g/mol. The number of primary amides is 1. The summed E-state index contributed by atoms with van der Waals surface area (Å²) in [4.78, 5) is 152. The van der Waals surface area contributed by atoms with E-state index in [9.17, 15) is 43.2 Å². The number of nitrogens with two attached hydrogens (primary N) is 6. The Bertz CT molecular complexity index is 2780. The number of hydrogen-bond donors (Lipinski definition) is 14. The predicted molar refractivity (Wildman–Crippen MR) is 341 cm³/mol. The first-order valence-electron chi connectivity index (χ1n) is 30.4. The van der Waals surface area contributed by atoms with Crippen molar-refractivity contribution in [2.45, 2.75) is 170 Å². The maximum absolute atomic E-state index is 15.2. The number of benzene rings is 2. The number of likely N-dealkylation sites (tertiary alicyclic amines) is 1. The van der Waals surface area contributed by atoms with Gasteiger partial charge < -0.3 is 86.6 Å². The van der Waals surface area contributed by atoms with Gasteiger partial charge in [-0.15, -0.1) is 0 Å². The predicted octanol–water partition coefficient (Wildman–Crippen LogP) is -1.54. The molecule has 5 rings (SSSR count). The van der Waals surface area contributed by atoms with E-state index in [4.69, 9.17) is 39.1 Å². The standard InChI is InChI=1S/C59H91N17O11S2/c1-4-87-38-21-19-37(20-22-38)31-41-51(81)72-42(30-36-14-7-5-8-15-36)53(83)75-48(35(2)3)55(85)73-43(32-46(61)77)52(82)74-44(34-88-89-59(33-47(78)69-41)23-9-6-10-24-59)56(86)76-29-13-18-45(76)54(84)71-40(17-12-27-68-58(64)65)50(80)70-39(49(79)66-28-25-60)16-11-26-67-57(62)63/h5,7-8,14-15,19-22,35,39-45,48H,4,6,9-13,16-18,23-34,60H2,1-3H3,(H2,61,77)(H,66,79)(H,69,78)(H,70,80)(H,71,84)(H,72,81)(H,73,85)(H,74,82)(H,75,83)(H4,62,63,67)(H4,64,65,68)/t39-,40-,41?,42?,43-,44?,45-,48-/m0/s1. The van der Waals surface area contributed by atoms with E-state index in [0.717, 1.165) is 19.3 Å². The lowest BCUT2D eigenvalue weighted by Gasteiger charge is -2.37. The third kappa shape index (κ3) is 23.9. The Labute approximate surface area is 527 Å². The van der Waals surface area contributed by atoms with E-state index in [-0.39, 0.29) is 95.3 Å². The quantitative estimate of drug-likeness (QED) is 0.0232. The summed E-state index contributed by atoms with van der Waals surface area (Å²) in [6, 6.07) is 5.46. The highest BCUT2D eigenvalue weighted by Gasteiger charge is 2.43. The third-order valence-electron chi connectivity index (χ3n) is 15.3. The summed E-state index contributed by atoms with van der Waals surface area (Å²) in [5, 5.41) is 22.2. The van der Waals surface area contributed by atoms with Gasteiger partial charge in [-0.1, -0.05) is 97.2 Å². The van der Waals surface area contributed by atoms with Gasteiger partial charge in [0.05, 0.1) is 13.0 Å². The lowest BCUT2D eigenvalue weighted by molar-refractivity contribution is -0.142. The van der Waals surface area contributed by atoms with E-state index >= 15 is 4.79 Å². The van der Waals surface area contributed by atoms with Gasteiger partial charge in [-0.2, -0.15) is 0 Å². The number of carbonyl (C=O) groups excluding carboxylic acids is 10. The molecule has 10 amide bonds. The zero-order chi connectivity index (χ0) is 65.0. The molecule has 1 aliphatic carbocycles. The Morgan fingerprint density at radius 2 is 1.29 bits per heavy atom. The van der Waals surface area contributed by atoms with Crippen LogP contribution in [0, 0.1) is 5.92 Å². The highest BCUT2D eigenvalue weighted by molar-refractivity contribution is 8.77. The Hall–Kier alpha value is -7.86. The largest absolute Gasteiger partial charge is 0.494 e. The van der Waals surface area contributed by atoms with Crippen molar-refractivity contribution in [3.05, 3.63) is 65.7 Å². The number of nitrogens with zero attached hydrogens (tertiary/aromatic N) is 3. The van der Waals surface area contributed by atoms with Crippen molar-refractivity contribution in [1.82, 2.24) is 47.4 Å². The fourth-order valence-electron chi connectivity index (χ4n) is 10.7. The first-order valence-corrected chi connectivity index (χ1v) is 32.7. The van der Waals surface area contributed by atoms with Gasteiger partial charge in [-0.25, -0.2) is 0 Å². The fraction of sp³-hybridized carbons (Fsp3) is 0.593. The second-order valence-electron chi connectivity index (χ2n) is 22.8. The van der Waals surface area contributed by atoms with Crippen molar-refractivity contribution in [1.29, 1.82) is 0 Å². The third-order valence-corrected chi connectivity index (χ3v) is 18.6. The second-order valence-corrected chi connectivity index (χ2v) is 25.6. The summed E-state index contributed by atoms with van der Waals surface area (Å²) >= 11 is 0. The minimum Gasteiger partial charge on any atom is -0.494 e. The van der Waals surface area contributed by atoms with Crippen molar-refractivity contribution in [3.63, 3.8) is 0 Å². The van der Waals surface area contributed by atoms with E-state index in [1.807, 2.05) is 6.92 Å². The highest BCUT2D eigenvalue weighted by atomic mass is 33.1. The smallest absolute Gasteiger partial charge is 0.246 e. The number of rotatable bonds is 25. The highest BCUT2D eigenvalue weighted by Crippen LogP contribution is 2.48. The average molecular weight is 1280 g/mol. The molecule has 2 heterocycles. The van der Waals surface area contributed by atoms with Crippen molar-refractivity contribution >= 4 is 92.6 Å². The molecule has 0 radical (unpaired) electrons. The molecule has 2 aromatic rings. The van der Waals surface area contributed by atoms with Crippen molar-refractivity contribution in [2.24, 2.45) is 50.3 Å². The molecule has 3 fully saturated rings. The maximum Gasteiger partial charge on any atom is 0.246 e. The van der Waals surface area contributed by atoms with Crippen LogP contribution >= 0.6 is 21.6 Å². The molecule has 30 heteroatoms. The summed E-state index contributed by atoms with van der Waals surface area (Å²) in [5.74, 6) is -7.95. The van der Waals surface area contributed by atoms with Gasteiger partial charge in [-0.05, 0) is 87.5 Å². The Morgan fingerprint density at radius 1 is 0.708 bits per heavy atom. The van der Waals surface area contributed by atoms with Crippen LogP contribution in [0.4, 0.5) is 0 Å². The number of carbonyl (C=O) groups is 10. The Kier molecular flexibility index (Phi) is 29.5. The number of aliphatic imine (C=N–C) groups is 2. The van der Waals surface area contributed by atoms with Crippen LogP contribution in [-0.4, -0.2) is 174 Å². The topological polar surface area (TPSA) is 460 Å². The second kappa shape index (κ2) is 36.6. The first-order chi connectivity index (χ1) is 42.5. The molecular formula is C59H91N17O11S2. The molecule has 0 aromatic heterocycles. The van der Waals surface area contributed by atoms with Gasteiger partial charge in [-0.3, -0.25) is 57.9 Å². The van der Waals surface area contributed by atoms with Crippen LogP contribution in [0.2, 0.25) is 0 Å². The molecule has 3 unspecified atom stereocenters. The molecule has 2 aromatic carbocycles. The maximum atomic E-state index is 15.2. The van der Waals surface area contributed by atoms with Crippen LogP contribution < -0.4 is 81.7 Å². The van der Waals surface area contributed by atoms with Crippen molar-refractivity contribution in [2.75, 3.05) is 45.1 Å². The van der Waals surface area contributed by atoms with Gasteiger partial charge in [0.1, 0.15) is 54.1 Å². The van der Waals surface area contributed by atoms with Crippen LogP contribution in [-0.2, 0) is 60.8 Å². The lowest BCUT2D eigenvalue weighted by atomic mass is 9.85. The van der Waals surface area contributed by atoms with E-state index in [0.29, 0.717) is 49.2 Å². The van der Waals surface area contributed by atoms with Gasteiger partial charge in [0, 0.05) is 62.5 Å². The van der Waals surface area contributed by atoms with Gasteiger partial charge in [0.25, 0.3) is 0 Å². The number of ether oxygens (including phenoxy) is 1. The van der Waals surface area contributed by atoms with Gasteiger partial charge >= 0.3 is 0 Å². The molecule has 490 valence electrons. The zero-order valence-corrected chi connectivity index (χ0v) is 52.7. The molecule has 28 nitrogen and oxygen atoms in total. The van der Waals surface area contributed by atoms with Crippen LogP contribution in [0.1, 0.15) is 115 Å². The number of guanidine groups is 2. The Morgan fingerprint density at radius 3 is 1.89 bits per heavy atom. The summed E-state index contributed by atoms with van der Waals surface area (Å²) in [5.41, 5.74) is 34.8. The number of amides is 10. The Balaban J connectivity index is 1.51. The fourth-order valence-corrected chi connectivity index (χ4v) is 14.1. The molecule has 1 spiro atoms. The van der Waals surface area contributed by atoms with Gasteiger partial charge in [0.15, 0.2) is 11.9 Å². The summed E-state index contributed by atoms with van der Waals surface area (Å²) in [7, 11) is 2.57. The van der Waals surface area contributed by atoms with Gasteiger partial charge in [0.2, 0.25) is 59.1 Å². The van der Waals surface area contributed by atoms with E-state index < -0.39 is 124 Å². The number of nitrogens with one attached hydrogen (secondary N) is 8. The summed E-state index contributed by atoms with van der Waals surface area (Å²) < 4.78 is 4.92. The molecule has 2 saturated heterocycles. The van der Waals surface area contributed by atoms with Crippen LogP contribution in [0.5, 0.6) is 5.75 Å². The lowest BCUT2D eigenvalue weighted by Crippen LogP contribution is -2.62. The minimum absolute atomic E-state index is 0.00827. The molecule has 89 heavy (non-hydrogen) atoms. The first kappa shape index (κ1) is 71.9. The van der Waals surface area contributed by atoms with Crippen LogP contribution in [0.25, 0.3) is 0 Å². The SMILES string of the molecule is CCOc1ccc(CC2NC(=O)CC3(CCCCC3)SSCC(C(=O)N3CCC[C@H]3C(=O)N[C@@H](CCCN=C(N)N)C(=O)N[C@@H](CCCN=C(N)N)C(=O)NCCN)NC(=O)[C@H](CC(N)=O)NC(=O)[C@H](C(C)C)NC(=O)C(Cc3ccccc3)NC2=O)cc1. The molecule has 20 N–H and O–H groups in total. The zero-order valence-electron chi connectivity index (χ0n) is 51.1. The summed E-state index contributed by atoms with van der Waals surface area (Å²) in [6.45, 7) is 6.10. The molecule has 0 bridgehead atoms. The van der Waals surface area contributed by atoms with Crippen LogP contribution in [0.15, 0.2) is 64.6 Å². The molecule has 3 aliphatic rings. The molecule has 8 atom stereocenters. The van der Waals surface area contributed by atoms with Crippen LogP contribution in [0.3, 0.4) is 0 Å². The molecular weight excluding hydrogens is 1190 g/mol. The normalized spacial score (nSPS) is 21.9. The van der Waals surface area contributed by atoms with E-state index in [1.165, 1.54) is 26.5 Å². The summed E-state index contributed by atoms with van der Waals surface area (Å²) in [6.07, 6.45) is 3.86.